The minimum absolute atomic E-state index is 0.339. The molecule has 0 bridgehead atoms. The molecule has 0 aromatic heterocycles. The Labute approximate surface area is 181 Å². The number of phenols is 1. The van der Waals surface area contributed by atoms with Gasteiger partial charge in [0, 0.05) is 6.61 Å². The van der Waals surface area contributed by atoms with Crippen LogP contribution >= 0.6 is 23.5 Å². The van der Waals surface area contributed by atoms with Crippen LogP contribution in [0, 0.1) is 0 Å². The summed E-state index contributed by atoms with van der Waals surface area (Å²) < 4.78 is 12.6. The lowest BCUT2D eigenvalue weighted by Gasteiger charge is -2.16. The van der Waals surface area contributed by atoms with Gasteiger partial charge in [-0.2, -0.15) is 0 Å². The molecule has 0 atom stereocenters. The van der Waals surface area contributed by atoms with E-state index in [0.29, 0.717) is 10.3 Å². The van der Waals surface area contributed by atoms with Gasteiger partial charge in [0.1, 0.15) is 11.5 Å². The largest absolute Gasteiger partial charge is 0.508 e. The Morgan fingerprint density at radius 2 is 1.43 bits per heavy atom. The molecule has 162 valence electrons. The molecular weight excluding hydrogens is 388 g/mol. The summed E-state index contributed by atoms with van der Waals surface area (Å²) in [5.41, 5.74) is 2.20. The maximum absolute atomic E-state index is 9.83. The van der Waals surface area contributed by atoms with Crippen molar-refractivity contribution < 1.29 is 14.6 Å². The first kappa shape index (κ1) is 25.5. The highest BCUT2D eigenvalue weighted by molar-refractivity contribution is 8.17. The lowest BCUT2D eigenvalue weighted by atomic mass is 10.0. The first-order valence-corrected chi connectivity index (χ1v) is 13.0. The molecule has 5 heteroatoms. The molecular formula is C23H40O3S2. The zero-order valence-corrected chi connectivity index (χ0v) is 19.9. The monoisotopic (exact) mass is 428 g/mol. The fourth-order valence-corrected chi connectivity index (χ4v) is 5.27. The van der Waals surface area contributed by atoms with Gasteiger partial charge in [-0.3, -0.25) is 0 Å². The molecule has 0 fully saturated rings. The number of aryl methyl sites for hydroxylation is 2. The Balaban J connectivity index is 2.22. The third-order valence-corrected chi connectivity index (χ3v) is 7.56. The molecule has 0 spiro atoms. The van der Waals surface area contributed by atoms with Crippen LogP contribution in [0.25, 0.3) is 0 Å². The molecule has 0 radical (unpaired) electrons. The summed E-state index contributed by atoms with van der Waals surface area (Å²) in [6.45, 7) is 11.1. The van der Waals surface area contributed by atoms with Gasteiger partial charge in [0.25, 0.3) is 0 Å². The minimum Gasteiger partial charge on any atom is -0.508 e. The van der Waals surface area contributed by atoms with Crippen molar-refractivity contribution in [2.24, 2.45) is 0 Å². The second kappa shape index (κ2) is 16.3. The summed E-state index contributed by atoms with van der Waals surface area (Å²) in [5.74, 6) is 3.76. The second-order valence-electron chi connectivity index (χ2n) is 6.96. The second-order valence-corrected chi connectivity index (χ2v) is 9.88. The average molecular weight is 429 g/mol. The van der Waals surface area contributed by atoms with E-state index < -0.39 is 0 Å². The Morgan fingerprint density at radius 1 is 0.857 bits per heavy atom. The van der Waals surface area contributed by atoms with E-state index in [-0.39, 0.29) is 0 Å². The van der Waals surface area contributed by atoms with Crippen molar-refractivity contribution >= 4 is 23.5 Å². The molecule has 0 aliphatic carbocycles. The molecule has 0 amide bonds. The highest BCUT2D eigenvalue weighted by Gasteiger charge is 2.11. The van der Waals surface area contributed by atoms with Gasteiger partial charge in [-0.05, 0) is 79.7 Å². The van der Waals surface area contributed by atoms with E-state index in [9.17, 15) is 5.11 Å². The van der Waals surface area contributed by atoms with Crippen LogP contribution < -0.4 is 4.74 Å². The normalized spacial score (nSPS) is 11.3. The molecule has 0 aliphatic rings. The van der Waals surface area contributed by atoms with Crippen LogP contribution in [0.1, 0.15) is 70.9 Å². The van der Waals surface area contributed by atoms with E-state index >= 15 is 0 Å². The number of thioether (sulfide) groups is 2. The van der Waals surface area contributed by atoms with Gasteiger partial charge in [-0.15, -0.1) is 23.5 Å². The van der Waals surface area contributed by atoms with E-state index in [1.54, 1.807) is 0 Å². The molecule has 1 N–H and O–H groups in total. The average Bonchev–Trinajstić information content (AvgIpc) is 2.71. The van der Waals surface area contributed by atoms with Crippen molar-refractivity contribution in [3.05, 3.63) is 23.3 Å². The Bertz CT molecular complexity index is 490. The zero-order valence-electron chi connectivity index (χ0n) is 18.3. The number of unbranched alkanes of at least 4 members (excludes halogenated alkanes) is 2. The van der Waals surface area contributed by atoms with Gasteiger partial charge < -0.3 is 14.6 Å². The van der Waals surface area contributed by atoms with Gasteiger partial charge >= 0.3 is 0 Å². The first-order chi connectivity index (χ1) is 13.7. The van der Waals surface area contributed by atoms with Crippen LogP contribution in [-0.2, 0) is 17.6 Å². The van der Waals surface area contributed by atoms with Crippen LogP contribution in [-0.4, -0.2) is 41.0 Å². The van der Waals surface area contributed by atoms with E-state index in [2.05, 4.69) is 27.7 Å². The Morgan fingerprint density at radius 3 is 1.96 bits per heavy atom. The lowest BCUT2D eigenvalue weighted by Crippen LogP contribution is -2.11. The van der Waals surface area contributed by atoms with Crippen molar-refractivity contribution in [3.8, 4) is 11.5 Å². The molecule has 1 aromatic rings. The van der Waals surface area contributed by atoms with Crippen molar-refractivity contribution in [2.45, 2.75) is 77.2 Å². The SMILES string of the molecule is CCCSC(COCCCCCOc1c(CC)cc(O)cc1CC)SCCC. The van der Waals surface area contributed by atoms with Crippen LogP contribution in [0.15, 0.2) is 12.1 Å². The fourth-order valence-electron chi connectivity index (χ4n) is 2.93. The summed E-state index contributed by atoms with van der Waals surface area (Å²) in [6, 6.07) is 3.65. The molecule has 0 saturated carbocycles. The number of ether oxygens (including phenoxy) is 2. The van der Waals surface area contributed by atoms with E-state index in [1.807, 2.05) is 35.7 Å². The van der Waals surface area contributed by atoms with Crippen LogP contribution in [0.4, 0.5) is 0 Å². The number of benzene rings is 1. The number of aromatic hydroxyl groups is 1. The van der Waals surface area contributed by atoms with E-state index in [4.69, 9.17) is 9.47 Å². The standard InChI is InChI=1S/C23H40O3S2/c1-5-14-27-22(28-15-6-2)18-25-12-10-9-11-13-26-23-19(7-3)16-21(24)17-20(23)8-4/h16-17,22,24H,5-15,18H2,1-4H3. The predicted molar refractivity (Wildman–Crippen MR) is 126 cm³/mol. The predicted octanol–water partition coefficient (Wildman–Crippen LogP) is 6.70. The van der Waals surface area contributed by atoms with Gasteiger partial charge in [0.15, 0.2) is 0 Å². The summed E-state index contributed by atoms with van der Waals surface area (Å²) in [7, 11) is 0. The Hall–Kier alpha value is -0.520. The third kappa shape index (κ3) is 10.3. The highest BCUT2D eigenvalue weighted by atomic mass is 32.2. The van der Waals surface area contributed by atoms with Gasteiger partial charge in [0.05, 0.1) is 17.8 Å². The van der Waals surface area contributed by atoms with Crippen LogP contribution in [0.2, 0.25) is 0 Å². The number of rotatable bonds is 17. The minimum atomic E-state index is 0.339. The van der Waals surface area contributed by atoms with Crippen molar-refractivity contribution in [3.63, 3.8) is 0 Å². The molecule has 28 heavy (non-hydrogen) atoms. The summed E-state index contributed by atoms with van der Waals surface area (Å²) >= 11 is 4.08. The van der Waals surface area contributed by atoms with Crippen LogP contribution in [0.5, 0.6) is 11.5 Å². The third-order valence-electron chi connectivity index (χ3n) is 4.44. The highest BCUT2D eigenvalue weighted by Crippen LogP contribution is 2.30. The van der Waals surface area contributed by atoms with Crippen LogP contribution in [0.3, 0.4) is 0 Å². The van der Waals surface area contributed by atoms with E-state index in [1.165, 1.54) is 24.3 Å². The molecule has 1 rings (SSSR count). The quantitative estimate of drug-likeness (QED) is 0.221. The first-order valence-electron chi connectivity index (χ1n) is 10.9. The molecule has 0 saturated heterocycles. The topological polar surface area (TPSA) is 38.7 Å². The molecule has 3 nitrogen and oxygen atoms in total. The summed E-state index contributed by atoms with van der Waals surface area (Å²) in [6.07, 6.45) is 7.45. The maximum atomic E-state index is 9.83. The van der Waals surface area contributed by atoms with E-state index in [0.717, 1.165) is 68.8 Å². The van der Waals surface area contributed by atoms with Crippen molar-refractivity contribution in [1.82, 2.24) is 0 Å². The number of hydrogen-bond donors (Lipinski definition) is 1. The lowest BCUT2D eigenvalue weighted by molar-refractivity contribution is 0.140. The van der Waals surface area contributed by atoms with Crippen molar-refractivity contribution in [1.29, 1.82) is 0 Å². The van der Waals surface area contributed by atoms with Crippen molar-refractivity contribution in [2.75, 3.05) is 31.3 Å². The number of phenolic OH excluding ortho intramolecular Hbond substituents is 1. The van der Waals surface area contributed by atoms with Gasteiger partial charge in [-0.25, -0.2) is 0 Å². The smallest absolute Gasteiger partial charge is 0.125 e. The summed E-state index contributed by atoms with van der Waals surface area (Å²) in [5, 5.41) is 9.83. The maximum Gasteiger partial charge on any atom is 0.125 e. The molecule has 0 unspecified atom stereocenters. The molecule has 1 aromatic carbocycles. The Kier molecular flexibility index (Phi) is 14.9. The fraction of sp³-hybridized carbons (Fsp3) is 0.739. The molecule has 0 heterocycles. The zero-order chi connectivity index (χ0) is 20.6. The van der Waals surface area contributed by atoms with Gasteiger partial charge in [-0.1, -0.05) is 27.7 Å². The van der Waals surface area contributed by atoms with Gasteiger partial charge in [0.2, 0.25) is 0 Å². The number of hydrogen-bond acceptors (Lipinski definition) is 5. The molecule has 0 aliphatic heterocycles. The summed E-state index contributed by atoms with van der Waals surface area (Å²) in [4.78, 5) is 0.